The monoisotopic (exact) mass is 337 g/mol. The van der Waals surface area contributed by atoms with Crippen molar-refractivity contribution >= 4 is 11.7 Å². The summed E-state index contributed by atoms with van der Waals surface area (Å²) in [5.74, 6) is 0.461. The van der Waals surface area contributed by atoms with E-state index in [0.29, 0.717) is 24.6 Å². The second-order valence-corrected chi connectivity index (χ2v) is 6.10. The van der Waals surface area contributed by atoms with Gasteiger partial charge in [0.15, 0.2) is 0 Å². The van der Waals surface area contributed by atoms with Crippen molar-refractivity contribution in [1.82, 2.24) is 24.3 Å². The van der Waals surface area contributed by atoms with E-state index >= 15 is 0 Å². The van der Waals surface area contributed by atoms with Gasteiger partial charge < -0.3 is 9.64 Å². The number of ether oxygens (including phenoxy) is 1. The van der Waals surface area contributed by atoms with Gasteiger partial charge in [-0.1, -0.05) is 6.07 Å². The van der Waals surface area contributed by atoms with Crippen LogP contribution < -0.4 is 0 Å². The normalized spacial score (nSPS) is 17.8. The Balaban J connectivity index is 1.40. The van der Waals surface area contributed by atoms with E-state index in [-0.39, 0.29) is 12.0 Å². The Hall–Kier alpha value is -2.80. The van der Waals surface area contributed by atoms with Gasteiger partial charge in [0.2, 0.25) is 5.78 Å². The fourth-order valence-corrected chi connectivity index (χ4v) is 3.04. The summed E-state index contributed by atoms with van der Waals surface area (Å²) < 4.78 is 7.71. The van der Waals surface area contributed by atoms with Crippen molar-refractivity contribution in [3.05, 3.63) is 60.4 Å². The third-order valence-corrected chi connectivity index (χ3v) is 4.31. The Labute approximate surface area is 145 Å². The minimum absolute atomic E-state index is 0.0230. The van der Waals surface area contributed by atoms with Crippen LogP contribution in [0.15, 0.2) is 49.1 Å². The lowest BCUT2D eigenvalue weighted by Gasteiger charge is -2.32. The van der Waals surface area contributed by atoms with E-state index < -0.39 is 0 Å². The minimum atomic E-state index is -0.0726. The van der Waals surface area contributed by atoms with Crippen LogP contribution in [0.2, 0.25) is 0 Å². The van der Waals surface area contributed by atoms with Crippen molar-refractivity contribution in [2.24, 2.45) is 0 Å². The molecule has 0 aromatic carbocycles. The molecule has 0 spiro atoms. The molecule has 0 N–H and O–H groups in total. The first-order valence-corrected chi connectivity index (χ1v) is 8.40. The molecular formula is C18H19N5O2. The molecule has 4 heterocycles. The van der Waals surface area contributed by atoms with E-state index in [9.17, 15) is 4.79 Å². The van der Waals surface area contributed by atoms with Crippen LogP contribution in [0.25, 0.3) is 5.78 Å². The molecule has 1 atom stereocenters. The largest absolute Gasteiger partial charge is 0.370 e. The Bertz CT molecular complexity index is 831. The molecule has 7 heteroatoms. The summed E-state index contributed by atoms with van der Waals surface area (Å²) in [4.78, 5) is 27.3. The number of nitrogens with zero attached hydrogens (tertiary/aromatic N) is 5. The maximum Gasteiger partial charge on any atom is 0.274 e. The maximum absolute atomic E-state index is 12.7. The molecule has 128 valence electrons. The fraction of sp³-hybridized carbons (Fsp3) is 0.333. The summed E-state index contributed by atoms with van der Waals surface area (Å²) in [5.41, 5.74) is 1.32. The number of hydrogen-bond acceptors (Lipinski definition) is 5. The van der Waals surface area contributed by atoms with E-state index in [1.165, 1.54) is 0 Å². The van der Waals surface area contributed by atoms with Gasteiger partial charge in [0, 0.05) is 37.9 Å². The third-order valence-electron chi connectivity index (χ3n) is 4.31. The molecule has 1 aliphatic heterocycles. The molecule has 7 nitrogen and oxygen atoms in total. The van der Waals surface area contributed by atoms with Gasteiger partial charge >= 0.3 is 0 Å². The molecule has 1 unspecified atom stereocenters. The number of pyridine rings is 1. The molecular weight excluding hydrogens is 318 g/mol. The Morgan fingerprint density at radius 1 is 1.24 bits per heavy atom. The van der Waals surface area contributed by atoms with Crippen LogP contribution in [0.4, 0.5) is 0 Å². The summed E-state index contributed by atoms with van der Waals surface area (Å²) in [7, 11) is 0. The third kappa shape index (κ3) is 3.51. The van der Waals surface area contributed by atoms with Crippen LogP contribution >= 0.6 is 0 Å². The van der Waals surface area contributed by atoms with E-state index in [0.717, 1.165) is 25.1 Å². The Morgan fingerprint density at radius 3 is 3.00 bits per heavy atom. The summed E-state index contributed by atoms with van der Waals surface area (Å²) >= 11 is 0. The fourth-order valence-electron chi connectivity index (χ4n) is 3.04. The molecule has 3 aromatic heterocycles. The number of rotatable bonds is 4. The van der Waals surface area contributed by atoms with Crippen LogP contribution in [0.3, 0.4) is 0 Å². The number of carbonyl (C=O) groups is 1. The first-order valence-electron chi connectivity index (χ1n) is 8.40. The number of piperidine rings is 1. The zero-order valence-electron chi connectivity index (χ0n) is 13.8. The zero-order chi connectivity index (χ0) is 17.1. The average Bonchev–Trinajstić information content (AvgIpc) is 3.11. The molecule has 1 saturated heterocycles. The number of hydrogen-bond donors (Lipinski definition) is 0. The highest BCUT2D eigenvalue weighted by Gasteiger charge is 2.26. The summed E-state index contributed by atoms with van der Waals surface area (Å²) in [5, 5.41) is 0. The molecule has 1 fully saturated rings. The second kappa shape index (κ2) is 6.98. The highest BCUT2D eigenvalue weighted by Crippen LogP contribution is 2.17. The summed E-state index contributed by atoms with van der Waals surface area (Å²) in [6.45, 7) is 1.77. The van der Waals surface area contributed by atoms with Crippen LogP contribution in [-0.4, -0.2) is 49.4 Å². The number of imidazole rings is 1. The minimum Gasteiger partial charge on any atom is -0.370 e. The highest BCUT2D eigenvalue weighted by atomic mass is 16.5. The van der Waals surface area contributed by atoms with Crippen molar-refractivity contribution in [2.45, 2.75) is 25.6 Å². The van der Waals surface area contributed by atoms with Gasteiger partial charge in [0.05, 0.1) is 18.4 Å². The second-order valence-electron chi connectivity index (χ2n) is 6.10. The topological polar surface area (TPSA) is 72.6 Å². The Morgan fingerprint density at radius 2 is 2.16 bits per heavy atom. The highest BCUT2D eigenvalue weighted by molar-refractivity contribution is 5.92. The standard InChI is InChI=1S/C18H19N5O2/c24-17(16-12-23-10-4-8-20-18(23)21-16)22-9-3-6-15(11-22)25-13-14-5-1-2-7-19-14/h1-2,4-5,7-8,10,12,15H,3,6,9,11,13H2. The molecule has 0 radical (unpaired) electrons. The quantitative estimate of drug-likeness (QED) is 0.727. The number of fused-ring (bicyclic) bond motifs is 1. The van der Waals surface area contributed by atoms with Crippen molar-refractivity contribution in [1.29, 1.82) is 0 Å². The van der Waals surface area contributed by atoms with Gasteiger partial charge in [0.25, 0.3) is 5.91 Å². The molecule has 1 aliphatic rings. The van der Waals surface area contributed by atoms with Crippen molar-refractivity contribution in [2.75, 3.05) is 13.1 Å². The maximum atomic E-state index is 12.7. The van der Waals surface area contributed by atoms with E-state index in [1.807, 2.05) is 35.4 Å². The molecule has 25 heavy (non-hydrogen) atoms. The van der Waals surface area contributed by atoms with Crippen molar-refractivity contribution in [3.63, 3.8) is 0 Å². The van der Waals surface area contributed by atoms with Gasteiger partial charge in [-0.3, -0.25) is 14.2 Å². The Kier molecular flexibility index (Phi) is 4.39. The van der Waals surface area contributed by atoms with Gasteiger partial charge in [-0.25, -0.2) is 9.97 Å². The molecule has 4 rings (SSSR count). The molecule has 3 aromatic rings. The smallest absolute Gasteiger partial charge is 0.274 e. The van der Waals surface area contributed by atoms with Crippen LogP contribution in [0, 0.1) is 0 Å². The molecule has 0 aliphatic carbocycles. The lowest BCUT2D eigenvalue weighted by atomic mass is 10.1. The van der Waals surface area contributed by atoms with Crippen LogP contribution in [0.1, 0.15) is 29.0 Å². The predicted molar refractivity (Wildman–Crippen MR) is 90.9 cm³/mol. The number of carbonyl (C=O) groups excluding carboxylic acids is 1. The molecule has 0 bridgehead atoms. The zero-order valence-corrected chi connectivity index (χ0v) is 13.8. The van der Waals surface area contributed by atoms with Gasteiger partial charge in [-0.05, 0) is 31.0 Å². The molecule has 1 amide bonds. The SMILES string of the molecule is O=C(c1cn2cccnc2n1)N1CCCC(OCc2ccccn2)C1. The summed E-state index contributed by atoms with van der Waals surface area (Å²) in [6, 6.07) is 7.58. The van der Waals surface area contributed by atoms with Crippen LogP contribution in [-0.2, 0) is 11.3 Å². The number of likely N-dealkylation sites (tertiary alicyclic amines) is 1. The average molecular weight is 337 g/mol. The van der Waals surface area contributed by atoms with Crippen molar-refractivity contribution in [3.8, 4) is 0 Å². The number of aromatic nitrogens is 4. The lowest BCUT2D eigenvalue weighted by Crippen LogP contribution is -2.43. The van der Waals surface area contributed by atoms with E-state index in [1.54, 1.807) is 23.0 Å². The van der Waals surface area contributed by atoms with Gasteiger partial charge in [0.1, 0.15) is 5.69 Å². The summed E-state index contributed by atoms with van der Waals surface area (Å²) in [6.07, 6.45) is 8.87. The van der Waals surface area contributed by atoms with Gasteiger partial charge in [-0.15, -0.1) is 0 Å². The van der Waals surface area contributed by atoms with Crippen LogP contribution in [0.5, 0.6) is 0 Å². The lowest BCUT2D eigenvalue weighted by molar-refractivity contribution is -0.00799. The first-order chi connectivity index (χ1) is 12.3. The van der Waals surface area contributed by atoms with E-state index in [4.69, 9.17) is 4.74 Å². The van der Waals surface area contributed by atoms with Gasteiger partial charge in [-0.2, -0.15) is 0 Å². The predicted octanol–water partition coefficient (Wildman–Crippen LogP) is 1.95. The first kappa shape index (κ1) is 15.7. The van der Waals surface area contributed by atoms with Crippen molar-refractivity contribution < 1.29 is 9.53 Å². The van der Waals surface area contributed by atoms with E-state index in [2.05, 4.69) is 15.0 Å². The number of amides is 1. The molecule has 0 saturated carbocycles.